The Morgan fingerprint density at radius 3 is 2.47 bits per heavy atom. The normalized spacial score (nSPS) is 27.0. The van der Waals surface area contributed by atoms with Gasteiger partial charge in [-0.3, -0.25) is 4.90 Å². The molecule has 0 aliphatic carbocycles. The van der Waals surface area contributed by atoms with Crippen molar-refractivity contribution < 1.29 is 4.74 Å². The third-order valence-electron chi connectivity index (χ3n) is 3.85. The summed E-state index contributed by atoms with van der Waals surface area (Å²) >= 11 is 0. The van der Waals surface area contributed by atoms with Crippen molar-refractivity contribution in [2.75, 3.05) is 52.5 Å². The van der Waals surface area contributed by atoms with Crippen LogP contribution < -0.4 is 5.73 Å². The molecule has 2 N–H and O–H groups in total. The minimum absolute atomic E-state index is 0. The summed E-state index contributed by atoms with van der Waals surface area (Å²) in [5.41, 5.74) is 6.06. The maximum absolute atomic E-state index is 6.13. The summed E-state index contributed by atoms with van der Waals surface area (Å²) in [6, 6.07) is 0. The van der Waals surface area contributed by atoms with Gasteiger partial charge in [0.05, 0.1) is 13.2 Å². The highest BCUT2D eigenvalue weighted by Crippen LogP contribution is 2.19. The number of piperidine rings is 1. The molecule has 0 aromatic rings. The summed E-state index contributed by atoms with van der Waals surface area (Å²) in [4.78, 5) is 5.11. The van der Waals surface area contributed by atoms with Gasteiger partial charge in [0, 0.05) is 38.3 Å². The van der Waals surface area contributed by atoms with E-state index in [1.807, 2.05) is 0 Å². The van der Waals surface area contributed by atoms with Crippen LogP contribution in [-0.4, -0.2) is 67.8 Å². The summed E-state index contributed by atoms with van der Waals surface area (Å²) < 4.78 is 5.41. The van der Waals surface area contributed by atoms with Crippen molar-refractivity contribution >= 4 is 12.4 Å². The van der Waals surface area contributed by atoms with Crippen LogP contribution in [-0.2, 0) is 4.74 Å². The standard InChI is InChI=1S/C14H29N3O.ClH/c1-14(2,15)12-17-5-3-4-13(11-17)10-16-6-8-18-9-7-16;/h13H,3-12,15H2,1-2H3;1H/t13-;/m1./s1. The molecule has 2 fully saturated rings. The van der Waals surface area contributed by atoms with Gasteiger partial charge in [0.15, 0.2) is 0 Å². The predicted molar refractivity (Wildman–Crippen MR) is 81.9 cm³/mol. The third-order valence-corrected chi connectivity index (χ3v) is 3.85. The van der Waals surface area contributed by atoms with Crippen molar-refractivity contribution in [2.45, 2.75) is 32.2 Å². The van der Waals surface area contributed by atoms with Crippen molar-refractivity contribution in [1.82, 2.24) is 9.80 Å². The Kier molecular flexibility index (Phi) is 7.05. The lowest BCUT2D eigenvalue weighted by Gasteiger charge is -2.39. The van der Waals surface area contributed by atoms with Crippen LogP contribution in [0.15, 0.2) is 0 Å². The number of ether oxygens (including phenoxy) is 1. The van der Waals surface area contributed by atoms with Gasteiger partial charge in [0.2, 0.25) is 0 Å². The van der Waals surface area contributed by atoms with Crippen LogP contribution in [0.25, 0.3) is 0 Å². The Balaban J connectivity index is 0.00000180. The fraction of sp³-hybridized carbons (Fsp3) is 1.00. The number of morpholine rings is 1. The van der Waals surface area contributed by atoms with Gasteiger partial charge >= 0.3 is 0 Å². The molecule has 0 saturated carbocycles. The summed E-state index contributed by atoms with van der Waals surface area (Å²) in [5, 5.41) is 0. The first-order chi connectivity index (χ1) is 8.53. The zero-order valence-electron chi connectivity index (χ0n) is 12.4. The lowest BCUT2D eigenvalue weighted by molar-refractivity contribution is 0.0219. The second-order valence-electron chi connectivity index (χ2n) is 6.64. The van der Waals surface area contributed by atoms with E-state index in [0.717, 1.165) is 38.8 Å². The first-order valence-corrected chi connectivity index (χ1v) is 7.34. The van der Waals surface area contributed by atoms with E-state index in [-0.39, 0.29) is 17.9 Å². The maximum Gasteiger partial charge on any atom is 0.0594 e. The average Bonchev–Trinajstić information content (AvgIpc) is 2.28. The van der Waals surface area contributed by atoms with Crippen molar-refractivity contribution in [1.29, 1.82) is 0 Å². The smallest absolute Gasteiger partial charge is 0.0594 e. The molecule has 0 spiro atoms. The molecule has 2 heterocycles. The second kappa shape index (κ2) is 7.79. The topological polar surface area (TPSA) is 41.7 Å². The summed E-state index contributed by atoms with van der Waals surface area (Å²) in [5.74, 6) is 0.819. The van der Waals surface area contributed by atoms with Crippen LogP contribution in [0.2, 0.25) is 0 Å². The summed E-state index contributed by atoms with van der Waals surface area (Å²) in [6.07, 6.45) is 2.70. The van der Waals surface area contributed by atoms with Gasteiger partial charge in [-0.05, 0) is 39.2 Å². The van der Waals surface area contributed by atoms with Gasteiger partial charge in [-0.1, -0.05) is 0 Å². The van der Waals surface area contributed by atoms with Crippen LogP contribution in [0.1, 0.15) is 26.7 Å². The number of rotatable bonds is 4. The van der Waals surface area contributed by atoms with Crippen molar-refractivity contribution in [2.24, 2.45) is 11.7 Å². The molecule has 2 rings (SSSR count). The largest absolute Gasteiger partial charge is 0.379 e. The maximum atomic E-state index is 6.13. The van der Waals surface area contributed by atoms with Crippen LogP contribution in [0.5, 0.6) is 0 Å². The molecule has 0 bridgehead atoms. The Hall–Kier alpha value is 0.130. The first-order valence-electron chi connectivity index (χ1n) is 7.34. The van der Waals surface area contributed by atoms with Crippen molar-refractivity contribution in [3.63, 3.8) is 0 Å². The minimum atomic E-state index is -0.0686. The molecule has 2 aliphatic rings. The Labute approximate surface area is 124 Å². The number of hydrogen-bond acceptors (Lipinski definition) is 4. The van der Waals surface area contributed by atoms with Gasteiger partial charge < -0.3 is 15.4 Å². The molecule has 0 aromatic carbocycles. The van der Waals surface area contributed by atoms with Gasteiger partial charge in [0.1, 0.15) is 0 Å². The summed E-state index contributed by atoms with van der Waals surface area (Å²) in [6.45, 7) is 13.0. The van der Waals surface area contributed by atoms with Gasteiger partial charge in [-0.25, -0.2) is 0 Å². The third kappa shape index (κ3) is 6.41. The lowest BCUT2D eigenvalue weighted by atomic mass is 9.95. The van der Waals surface area contributed by atoms with E-state index in [1.54, 1.807) is 0 Å². The van der Waals surface area contributed by atoms with Crippen LogP contribution in [0, 0.1) is 5.92 Å². The zero-order chi connectivity index (χ0) is 13.0. The van der Waals surface area contributed by atoms with E-state index < -0.39 is 0 Å². The van der Waals surface area contributed by atoms with Crippen LogP contribution >= 0.6 is 12.4 Å². The molecule has 19 heavy (non-hydrogen) atoms. The molecule has 2 saturated heterocycles. The fourth-order valence-corrected chi connectivity index (χ4v) is 3.17. The molecule has 0 radical (unpaired) electrons. The fourth-order valence-electron chi connectivity index (χ4n) is 3.17. The van der Waals surface area contributed by atoms with E-state index in [2.05, 4.69) is 23.6 Å². The number of likely N-dealkylation sites (tertiary alicyclic amines) is 1. The van der Waals surface area contributed by atoms with Crippen LogP contribution in [0.3, 0.4) is 0 Å². The van der Waals surface area contributed by atoms with Crippen LogP contribution in [0.4, 0.5) is 0 Å². The van der Waals surface area contributed by atoms with E-state index >= 15 is 0 Å². The van der Waals surface area contributed by atoms with Gasteiger partial charge in [0.25, 0.3) is 0 Å². The minimum Gasteiger partial charge on any atom is -0.379 e. The first kappa shape index (κ1) is 17.2. The van der Waals surface area contributed by atoms with E-state index in [0.29, 0.717) is 0 Å². The van der Waals surface area contributed by atoms with E-state index in [9.17, 15) is 0 Å². The summed E-state index contributed by atoms with van der Waals surface area (Å²) in [7, 11) is 0. The van der Waals surface area contributed by atoms with E-state index in [1.165, 1.54) is 32.5 Å². The van der Waals surface area contributed by atoms with Gasteiger partial charge in [-0.15, -0.1) is 12.4 Å². The molecular formula is C14H30ClN3O. The monoisotopic (exact) mass is 291 g/mol. The quantitative estimate of drug-likeness (QED) is 0.845. The average molecular weight is 292 g/mol. The SMILES string of the molecule is CC(C)(N)CN1CCC[C@H](CN2CCOCC2)C1.Cl. The molecule has 0 aromatic heterocycles. The Morgan fingerprint density at radius 1 is 1.16 bits per heavy atom. The number of nitrogens with zero attached hydrogens (tertiary/aromatic N) is 2. The molecule has 114 valence electrons. The van der Waals surface area contributed by atoms with Crippen molar-refractivity contribution in [3.8, 4) is 0 Å². The second-order valence-corrected chi connectivity index (χ2v) is 6.64. The lowest BCUT2D eigenvalue weighted by Crippen LogP contribution is -2.50. The number of nitrogens with two attached hydrogens (primary N) is 1. The predicted octanol–water partition coefficient (Wildman–Crippen LogP) is 1.19. The van der Waals surface area contributed by atoms with E-state index in [4.69, 9.17) is 10.5 Å². The van der Waals surface area contributed by atoms with Crippen molar-refractivity contribution in [3.05, 3.63) is 0 Å². The molecule has 4 nitrogen and oxygen atoms in total. The molecule has 0 unspecified atom stereocenters. The molecule has 1 atom stereocenters. The zero-order valence-corrected chi connectivity index (χ0v) is 13.3. The number of hydrogen-bond donors (Lipinski definition) is 1. The Bertz CT molecular complexity index is 252. The molecule has 5 heteroatoms. The van der Waals surface area contributed by atoms with Gasteiger partial charge in [-0.2, -0.15) is 0 Å². The molecule has 2 aliphatic heterocycles. The highest BCUT2D eigenvalue weighted by atomic mass is 35.5. The molecule has 0 amide bonds. The highest BCUT2D eigenvalue weighted by molar-refractivity contribution is 5.85. The molecular weight excluding hydrogens is 262 g/mol. The Morgan fingerprint density at radius 2 is 1.84 bits per heavy atom. The highest BCUT2D eigenvalue weighted by Gasteiger charge is 2.25. The number of halogens is 1.